The van der Waals surface area contributed by atoms with Crippen LogP contribution in [0.25, 0.3) is 0 Å². The first-order valence-electron chi connectivity index (χ1n) is 12.3. The maximum absolute atomic E-state index is 12.3. The summed E-state index contributed by atoms with van der Waals surface area (Å²) in [6.45, 7) is 19.3. The largest absolute Gasteiger partial charge is 0.460 e. The Labute approximate surface area is 202 Å². The Morgan fingerprint density at radius 1 is 0.848 bits per heavy atom. The van der Waals surface area contributed by atoms with E-state index in [1.54, 1.807) is 0 Å². The second-order valence-corrected chi connectivity index (χ2v) is 9.07. The molecule has 2 unspecified atom stereocenters. The van der Waals surface area contributed by atoms with Crippen molar-refractivity contribution in [3.05, 3.63) is 48.6 Å². The number of carbonyl (C=O) groups is 2. The van der Waals surface area contributed by atoms with Crippen LogP contribution < -0.4 is 0 Å². The highest BCUT2D eigenvalue weighted by Gasteiger charge is 2.16. The van der Waals surface area contributed by atoms with Crippen LogP contribution in [0.3, 0.4) is 0 Å². The first kappa shape index (κ1) is 30.9. The van der Waals surface area contributed by atoms with Gasteiger partial charge >= 0.3 is 11.9 Å². The molecule has 0 aliphatic carbocycles. The molecule has 0 fully saturated rings. The van der Waals surface area contributed by atoms with Gasteiger partial charge in [-0.05, 0) is 75.5 Å². The zero-order chi connectivity index (χ0) is 25.1. The summed E-state index contributed by atoms with van der Waals surface area (Å²) in [6.07, 6.45) is 13.9. The molecular weight excluding hydrogens is 414 g/mol. The van der Waals surface area contributed by atoms with Crippen LogP contribution in [0.4, 0.5) is 0 Å². The van der Waals surface area contributed by atoms with Gasteiger partial charge in [-0.2, -0.15) is 0 Å². The van der Waals surface area contributed by atoms with Crippen molar-refractivity contribution in [1.82, 2.24) is 4.90 Å². The van der Waals surface area contributed by atoms with Crippen molar-refractivity contribution >= 4 is 11.9 Å². The van der Waals surface area contributed by atoms with Crippen LogP contribution in [0, 0.1) is 11.8 Å². The van der Waals surface area contributed by atoms with Gasteiger partial charge in [-0.25, -0.2) is 0 Å². The fourth-order valence-corrected chi connectivity index (χ4v) is 2.98. The molecule has 5 heteroatoms. The highest BCUT2D eigenvalue weighted by atomic mass is 16.5. The van der Waals surface area contributed by atoms with Crippen LogP contribution in [-0.2, 0) is 19.1 Å². The molecule has 0 radical (unpaired) electrons. The van der Waals surface area contributed by atoms with Gasteiger partial charge in [0.1, 0.15) is 13.2 Å². The number of nitrogens with zero attached hydrogens (tertiary/aromatic N) is 1. The minimum Gasteiger partial charge on any atom is -0.460 e. The van der Waals surface area contributed by atoms with E-state index in [2.05, 4.69) is 46.1 Å². The monoisotopic (exact) mass is 461 g/mol. The predicted molar refractivity (Wildman–Crippen MR) is 138 cm³/mol. The fourth-order valence-electron chi connectivity index (χ4n) is 2.98. The first-order chi connectivity index (χ1) is 15.7. The van der Waals surface area contributed by atoms with E-state index in [-0.39, 0.29) is 38.2 Å². The van der Waals surface area contributed by atoms with E-state index in [0.29, 0.717) is 18.4 Å². The van der Waals surface area contributed by atoms with Crippen LogP contribution in [-0.4, -0.2) is 49.7 Å². The lowest BCUT2D eigenvalue weighted by atomic mass is 10.1. The summed E-state index contributed by atoms with van der Waals surface area (Å²) in [7, 11) is 0. The van der Waals surface area contributed by atoms with Gasteiger partial charge in [0.25, 0.3) is 0 Å². The molecule has 5 nitrogen and oxygen atoms in total. The molecule has 0 aromatic heterocycles. The van der Waals surface area contributed by atoms with E-state index < -0.39 is 0 Å². The molecule has 33 heavy (non-hydrogen) atoms. The summed E-state index contributed by atoms with van der Waals surface area (Å²) < 4.78 is 10.8. The number of carbonyl (C=O) groups excluding carboxylic acids is 2. The van der Waals surface area contributed by atoms with Crippen molar-refractivity contribution in [3.8, 4) is 0 Å². The smallest absolute Gasteiger partial charge is 0.320 e. The molecule has 0 aliphatic rings. The predicted octanol–water partition coefficient (Wildman–Crippen LogP) is 6.27. The molecule has 0 amide bonds. The molecular formula is C28H47NO4. The topological polar surface area (TPSA) is 55.8 Å². The van der Waals surface area contributed by atoms with Crippen LogP contribution in [0.1, 0.15) is 73.1 Å². The number of unbranched alkanes of at least 4 members (excludes halogenated alkanes) is 1. The van der Waals surface area contributed by atoms with Crippen molar-refractivity contribution in [2.24, 2.45) is 11.8 Å². The molecule has 0 bridgehead atoms. The molecule has 0 saturated carbocycles. The summed E-state index contributed by atoms with van der Waals surface area (Å²) in [4.78, 5) is 26.5. The summed E-state index contributed by atoms with van der Waals surface area (Å²) in [5.41, 5.74) is 2.06. The molecule has 0 saturated heterocycles. The van der Waals surface area contributed by atoms with Crippen molar-refractivity contribution in [3.63, 3.8) is 0 Å². The highest BCUT2D eigenvalue weighted by Crippen LogP contribution is 2.10. The van der Waals surface area contributed by atoms with Crippen LogP contribution >= 0.6 is 0 Å². The Hall–Kier alpha value is -2.14. The molecule has 0 aromatic rings. The molecule has 0 rings (SSSR count). The third-order valence-electron chi connectivity index (χ3n) is 5.49. The Bertz CT molecular complexity index is 598. The number of esters is 2. The van der Waals surface area contributed by atoms with Gasteiger partial charge in [0, 0.05) is 0 Å². The van der Waals surface area contributed by atoms with Gasteiger partial charge in [0.05, 0.1) is 13.1 Å². The van der Waals surface area contributed by atoms with Gasteiger partial charge in [-0.1, -0.05) is 51.5 Å². The third-order valence-corrected chi connectivity index (χ3v) is 5.49. The van der Waals surface area contributed by atoms with E-state index in [1.807, 2.05) is 30.9 Å². The molecule has 0 N–H and O–H groups in total. The van der Waals surface area contributed by atoms with Gasteiger partial charge in [-0.15, -0.1) is 13.2 Å². The summed E-state index contributed by atoms with van der Waals surface area (Å²) in [6, 6.07) is 0. The SMILES string of the molecule is C=CC(C)CCC=C(C)COC(=O)CN(CCCC)CC(=O)OCC(C)=CCCC(C)C=C. The van der Waals surface area contributed by atoms with Crippen LogP contribution in [0.2, 0.25) is 0 Å². The Morgan fingerprint density at radius 3 is 1.64 bits per heavy atom. The molecule has 2 atom stereocenters. The van der Waals surface area contributed by atoms with Crippen molar-refractivity contribution in [2.75, 3.05) is 32.8 Å². The molecule has 0 aromatic carbocycles. The number of hydrogen-bond acceptors (Lipinski definition) is 5. The summed E-state index contributed by atoms with van der Waals surface area (Å²) in [5.74, 6) is 0.310. The fraction of sp³-hybridized carbons (Fsp3) is 0.643. The Balaban J connectivity index is 4.48. The van der Waals surface area contributed by atoms with Gasteiger partial charge in [0.2, 0.25) is 0 Å². The second-order valence-electron chi connectivity index (χ2n) is 9.07. The average molecular weight is 462 g/mol. The Kier molecular flexibility index (Phi) is 18.1. The summed E-state index contributed by atoms with van der Waals surface area (Å²) >= 11 is 0. The number of ether oxygens (including phenoxy) is 2. The zero-order valence-corrected chi connectivity index (χ0v) is 21.7. The van der Waals surface area contributed by atoms with Crippen molar-refractivity contribution in [1.29, 1.82) is 0 Å². The number of hydrogen-bond donors (Lipinski definition) is 0. The van der Waals surface area contributed by atoms with E-state index in [1.165, 1.54) is 0 Å². The maximum atomic E-state index is 12.3. The van der Waals surface area contributed by atoms with Crippen molar-refractivity contribution < 1.29 is 19.1 Å². The van der Waals surface area contributed by atoms with E-state index in [0.717, 1.165) is 49.7 Å². The van der Waals surface area contributed by atoms with Crippen LogP contribution in [0.15, 0.2) is 48.6 Å². The van der Waals surface area contributed by atoms with Gasteiger partial charge < -0.3 is 9.47 Å². The van der Waals surface area contributed by atoms with E-state index in [9.17, 15) is 9.59 Å². The number of allylic oxidation sites excluding steroid dienone is 4. The van der Waals surface area contributed by atoms with Crippen molar-refractivity contribution in [2.45, 2.75) is 73.1 Å². The molecule has 188 valence electrons. The minimum atomic E-state index is -0.321. The molecule has 0 aliphatic heterocycles. The second kappa shape index (κ2) is 19.3. The maximum Gasteiger partial charge on any atom is 0.320 e. The molecule has 0 spiro atoms. The molecule has 0 heterocycles. The third kappa shape index (κ3) is 18.0. The van der Waals surface area contributed by atoms with Gasteiger partial charge in [-0.3, -0.25) is 14.5 Å². The Morgan fingerprint density at radius 2 is 1.27 bits per heavy atom. The minimum absolute atomic E-state index is 0.0874. The quantitative estimate of drug-likeness (QED) is 0.168. The first-order valence-corrected chi connectivity index (χ1v) is 12.3. The lowest BCUT2D eigenvalue weighted by molar-refractivity contribution is -0.147. The van der Waals surface area contributed by atoms with E-state index in [4.69, 9.17) is 9.47 Å². The highest BCUT2D eigenvalue weighted by molar-refractivity contribution is 5.75. The van der Waals surface area contributed by atoms with Gasteiger partial charge in [0.15, 0.2) is 0 Å². The zero-order valence-electron chi connectivity index (χ0n) is 21.7. The average Bonchev–Trinajstić information content (AvgIpc) is 2.79. The van der Waals surface area contributed by atoms with E-state index >= 15 is 0 Å². The number of rotatable bonds is 19. The standard InChI is InChI=1S/C28H47NO4/c1-8-11-18-29(19-27(30)32-21-25(6)16-12-14-23(4)9-2)20-28(31)33-22-26(7)17-13-15-24(5)10-3/h9-10,16-17,23-24H,2-3,8,11-15,18-22H2,1,4-7H3. The summed E-state index contributed by atoms with van der Waals surface area (Å²) in [5, 5.41) is 0. The lowest BCUT2D eigenvalue weighted by Crippen LogP contribution is -2.37. The van der Waals surface area contributed by atoms with Crippen LogP contribution in [0.5, 0.6) is 0 Å². The normalized spacial score (nSPS) is 14.0. The lowest BCUT2D eigenvalue weighted by Gasteiger charge is -2.20.